The van der Waals surface area contributed by atoms with Crippen molar-refractivity contribution in [2.24, 2.45) is 0 Å². The van der Waals surface area contributed by atoms with E-state index in [1.54, 1.807) is 13.8 Å². The fraction of sp³-hybridized carbons (Fsp3) is 0.364. The summed E-state index contributed by atoms with van der Waals surface area (Å²) in [6.07, 6.45) is -0.282. The van der Waals surface area contributed by atoms with Crippen molar-refractivity contribution in [1.29, 1.82) is 0 Å². The van der Waals surface area contributed by atoms with Gasteiger partial charge in [0.05, 0.1) is 4.92 Å². The fourth-order valence-electron chi connectivity index (χ4n) is 1.36. The second-order valence-electron chi connectivity index (χ2n) is 3.52. The number of nitro groups is 1. The molecule has 6 heteroatoms. The van der Waals surface area contributed by atoms with E-state index in [-0.39, 0.29) is 5.69 Å². The minimum absolute atomic E-state index is 0.0163. The summed E-state index contributed by atoms with van der Waals surface area (Å²) in [5, 5.41) is 10.0. The van der Waals surface area contributed by atoms with Gasteiger partial charge in [-0.3, -0.25) is 14.9 Å². The first-order chi connectivity index (χ1) is 7.95. The maximum absolute atomic E-state index is 11.0. The highest BCUT2D eigenvalue weighted by Gasteiger charge is 2.17. The minimum Gasteiger partial charge on any atom is -0.481 e. The molecule has 0 aromatic heterocycles. The largest absolute Gasteiger partial charge is 0.481 e. The van der Waals surface area contributed by atoms with Crippen LogP contribution in [0.4, 0.5) is 5.69 Å². The lowest BCUT2D eigenvalue weighted by atomic mass is 10.2. The van der Waals surface area contributed by atoms with Crippen molar-refractivity contribution in [3.8, 4) is 5.75 Å². The van der Waals surface area contributed by atoms with Gasteiger partial charge in [-0.05, 0) is 37.1 Å². The third-order valence-corrected chi connectivity index (χ3v) is 2.51. The first-order valence-electron chi connectivity index (χ1n) is 5.06. The molecule has 0 saturated carbocycles. The van der Waals surface area contributed by atoms with Gasteiger partial charge in [-0.2, -0.15) is 0 Å². The van der Waals surface area contributed by atoms with Crippen LogP contribution in [0.2, 0.25) is 0 Å². The zero-order valence-electron chi connectivity index (χ0n) is 9.47. The molecule has 0 spiro atoms. The number of hydrogen-bond acceptors (Lipinski definition) is 4. The number of ether oxygens (including phenoxy) is 1. The summed E-state index contributed by atoms with van der Waals surface area (Å²) >= 11 is 5.34. The van der Waals surface area contributed by atoms with Crippen LogP contribution in [0.15, 0.2) is 18.2 Å². The number of aryl methyl sites for hydroxylation is 1. The summed E-state index contributed by atoms with van der Waals surface area (Å²) in [7, 11) is 0. The van der Waals surface area contributed by atoms with Crippen LogP contribution in [0.1, 0.15) is 18.9 Å². The number of nitro benzene ring substituents is 1. The van der Waals surface area contributed by atoms with Crippen molar-refractivity contribution in [1.82, 2.24) is 0 Å². The lowest BCUT2D eigenvalue weighted by Gasteiger charge is -2.13. The number of hydrogen-bond donors (Lipinski definition) is 0. The van der Waals surface area contributed by atoms with Crippen LogP contribution in [0.3, 0.4) is 0 Å². The number of rotatable bonds is 5. The van der Waals surface area contributed by atoms with Gasteiger partial charge < -0.3 is 4.74 Å². The number of carbonyl (C=O) groups excluding carboxylic acids is 1. The maximum Gasteiger partial charge on any atom is 0.272 e. The van der Waals surface area contributed by atoms with Gasteiger partial charge in [0.2, 0.25) is 0 Å². The highest BCUT2D eigenvalue weighted by molar-refractivity contribution is 6.64. The van der Waals surface area contributed by atoms with Crippen LogP contribution >= 0.6 is 11.6 Å². The molecule has 0 radical (unpaired) electrons. The Balaban J connectivity index is 2.90. The molecule has 1 aromatic carbocycles. The van der Waals surface area contributed by atoms with Crippen LogP contribution in [0.25, 0.3) is 0 Å². The lowest BCUT2D eigenvalue weighted by Crippen LogP contribution is -2.22. The molecule has 1 atom stereocenters. The van der Waals surface area contributed by atoms with E-state index >= 15 is 0 Å². The Bertz CT molecular complexity index is 447. The summed E-state index contributed by atoms with van der Waals surface area (Å²) in [6.45, 7) is 3.37. The van der Waals surface area contributed by atoms with Gasteiger partial charge in [0.1, 0.15) is 5.75 Å². The van der Waals surface area contributed by atoms with Gasteiger partial charge in [-0.15, -0.1) is 0 Å². The van der Waals surface area contributed by atoms with Crippen LogP contribution in [0.5, 0.6) is 5.75 Å². The van der Waals surface area contributed by atoms with E-state index in [1.807, 2.05) is 0 Å². The number of carbonyl (C=O) groups is 1. The molecule has 0 amide bonds. The summed E-state index contributed by atoms with van der Waals surface area (Å²) in [5.41, 5.74) is 0.493. The van der Waals surface area contributed by atoms with E-state index in [2.05, 4.69) is 0 Å². The van der Waals surface area contributed by atoms with E-state index in [4.69, 9.17) is 16.3 Å². The van der Waals surface area contributed by atoms with E-state index in [0.29, 0.717) is 17.7 Å². The predicted octanol–water partition coefficient (Wildman–Crippen LogP) is 2.83. The molecule has 1 rings (SSSR count). The van der Waals surface area contributed by atoms with Gasteiger partial charge in [0.25, 0.3) is 10.9 Å². The Morgan fingerprint density at radius 1 is 1.59 bits per heavy atom. The molecule has 0 fully saturated rings. The molecule has 1 aromatic rings. The minimum atomic E-state index is -0.725. The molecule has 92 valence electrons. The maximum atomic E-state index is 11.0. The Morgan fingerprint density at radius 3 is 2.65 bits per heavy atom. The zero-order chi connectivity index (χ0) is 13.0. The normalized spacial score (nSPS) is 11.9. The molecular formula is C11H12ClNO4. The molecule has 17 heavy (non-hydrogen) atoms. The third-order valence-electron chi connectivity index (χ3n) is 2.27. The molecule has 0 aliphatic rings. The average molecular weight is 258 g/mol. The highest BCUT2D eigenvalue weighted by atomic mass is 35.5. The Hall–Kier alpha value is -1.62. The lowest BCUT2D eigenvalue weighted by molar-refractivity contribution is -0.385. The summed E-state index contributed by atoms with van der Waals surface area (Å²) in [5.74, 6) is 0.397. The third kappa shape index (κ3) is 3.42. The van der Waals surface area contributed by atoms with E-state index < -0.39 is 16.3 Å². The first-order valence-corrected chi connectivity index (χ1v) is 5.44. The molecule has 0 heterocycles. The second-order valence-corrected chi connectivity index (χ2v) is 3.90. The number of halogens is 1. The quantitative estimate of drug-likeness (QED) is 0.462. The van der Waals surface area contributed by atoms with Gasteiger partial charge in [-0.25, -0.2) is 0 Å². The van der Waals surface area contributed by atoms with Crippen LogP contribution < -0.4 is 4.74 Å². The van der Waals surface area contributed by atoms with Crippen molar-refractivity contribution >= 4 is 22.5 Å². The predicted molar refractivity (Wildman–Crippen MR) is 63.4 cm³/mol. The topological polar surface area (TPSA) is 69.4 Å². The molecule has 0 bridgehead atoms. The Kier molecular flexibility index (Phi) is 4.45. The van der Waals surface area contributed by atoms with Gasteiger partial charge in [0, 0.05) is 11.6 Å². The average Bonchev–Trinajstić information content (AvgIpc) is 2.24. The number of benzene rings is 1. The van der Waals surface area contributed by atoms with Crippen molar-refractivity contribution in [3.63, 3.8) is 0 Å². The van der Waals surface area contributed by atoms with E-state index in [0.717, 1.165) is 0 Å². The van der Waals surface area contributed by atoms with Crippen molar-refractivity contribution in [2.75, 3.05) is 0 Å². The fourth-order valence-corrected chi connectivity index (χ4v) is 1.56. The van der Waals surface area contributed by atoms with E-state index in [1.165, 1.54) is 18.2 Å². The molecule has 0 aliphatic carbocycles. The smallest absolute Gasteiger partial charge is 0.272 e. The summed E-state index contributed by atoms with van der Waals surface area (Å²) < 4.78 is 5.34. The molecule has 0 N–H and O–H groups in total. The van der Waals surface area contributed by atoms with Gasteiger partial charge >= 0.3 is 0 Å². The number of nitrogens with zero attached hydrogens (tertiary/aromatic N) is 1. The monoisotopic (exact) mass is 257 g/mol. The first kappa shape index (κ1) is 13.4. The van der Waals surface area contributed by atoms with Crippen LogP contribution in [-0.2, 0) is 4.79 Å². The molecule has 0 unspecified atom stereocenters. The van der Waals surface area contributed by atoms with Crippen molar-refractivity contribution in [3.05, 3.63) is 33.9 Å². The Morgan fingerprint density at radius 2 is 2.24 bits per heavy atom. The zero-order valence-corrected chi connectivity index (χ0v) is 10.2. The SMILES string of the molecule is CC[C@H](Oc1ccc([N+](=O)[O-])c(C)c1)C(=O)Cl. The van der Waals surface area contributed by atoms with Crippen LogP contribution in [0, 0.1) is 17.0 Å². The van der Waals surface area contributed by atoms with E-state index in [9.17, 15) is 14.9 Å². The van der Waals surface area contributed by atoms with Gasteiger partial charge in [-0.1, -0.05) is 6.92 Å². The Labute approximate surface area is 103 Å². The highest BCUT2D eigenvalue weighted by Crippen LogP contribution is 2.24. The van der Waals surface area contributed by atoms with Crippen LogP contribution in [-0.4, -0.2) is 16.3 Å². The second kappa shape index (κ2) is 5.63. The molecule has 0 saturated heterocycles. The van der Waals surface area contributed by atoms with Crippen molar-refractivity contribution in [2.45, 2.75) is 26.4 Å². The molecule has 0 aliphatic heterocycles. The summed E-state index contributed by atoms with van der Waals surface area (Å²) in [6, 6.07) is 4.31. The molecule has 5 nitrogen and oxygen atoms in total. The summed E-state index contributed by atoms with van der Waals surface area (Å²) in [4.78, 5) is 21.1. The van der Waals surface area contributed by atoms with Gasteiger partial charge in [0.15, 0.2) is 6.10 Å². The molecular weight excluding hydrogens is 246 g/mol. The standard InChI is InChI=1S/C11H12ClNO4/c1-3-10(11(12)14)17-8-4-5-9(13(15)16)7(2)6-8/h4-6,10H,3H2,1-2H3/t10-/m0/s1. The van der Waals surface area contributed by atoms with Crippen molar-refractivity contribution < 1.29 is 14.5 Å².